The summed E-state index contributed by atoms with van der Waals surface area (Å²) in [5.41, 5.74) is 3.73. The molecule has 4 amide bonds. The van der Waals surface area contributed by atoms with Crippen LogP contribution in [0.15, 0.2) is 65.6 Å². The summed E-state index contributed by atoms with van der Waals surface area (Å²) < 4.78 is 24.1. The number of amides is 4. The summed E-state index contributed by atoms with van der Waals surface area (Å²) in [4.78, 5) is 50.9. The van der Waals surface area contributed by atoms with Gasteiger partial charge in [0.25, 0.3) is 17.1 Å². The number of aryl methyl sites for hydroxylation is 2. The van der Waals surface area contributed by atoms with Crippen molar-refractivity contribution >= 4 is 52.2 Å². The first kappa shape index (κ1) is 28.4. The average Bonchev–Trinajstić information content (AvgIpc) is 3.18. The molecule has 3 aromatic carbocycles. The monoisotopic (exact) mass is 563 g/mol. The van der Waals surface area contributed by atoms with Gasteiger partial charge in [-0.05, 0) is 96.9 Å². The third kappa shape index (κ3) is 7.06. The predicted octanol–water partition coefficient (Wildman–Crippen LogP) is 5.14. The molecule has 0 radical (unpaired) electrons. The van der Waals surface area contributed by atoms with Crippen LogP contribution < -0.4 is 20.1 Å². The van der Waals surface area contributed by atoms with Crippen molar-refractivity contribution in [3.63, 3.8) is 0 Å². The van der Waals surface area contributed by atoms with E-state index in [1.807, 2.05) is 32.0 Å². The van der Waals surface area contributed by atoms with Crippen LogP contribution in [0.25, 0.3) is 6.08 Å². The Morgan fingerprint density at radius 3 is 2.30 bits per heavy atom. The van der Waals surface area contributed by atoms with Crippen molar-refractivity contribution < 1.29 is 33.0 Å². The van der Waals surface area contributed by atoms with Gasteiger partial charge in [-0.15, -0.1) is 0 Å². The number of carbonyl (C=O) groups excluding carboxylic acids is 4. The van der Waals surface area contributed by atoms with E-state index in [0.717, 1.165) is 16.0 Å². The molecule has 0 saturated carbocycles. The Morgan fingerprint density at radius 1 is 0.900 bits per heavy atom. The quantitative estimate of drug-likeness (QED) is 0.347. The Kier molecular flexibility index (Phi) is 8.85. The number of imide groups is 1. The lowest BCUT2D eigenvalue weighted by atomic mass is 10.1. The zero-order valence-corrected chi connectivity index (χ0v) is 22.8. The molecular formula is C29H26FN3O6S. The molecule has 1 heterocycles. The van der Waals surface area contributed by atoms with Gasteiger partial charge in [0.2, 0.25) is 5.91 Å². The van der Waals surface area contributed by atoms with Gasteiger partial charge in [-0.1, -0.05) is 12.1 Å². The number of thioether (sulfide) groups is 1. The van der Waals surface area contributed by atoms with Crippen LogP contribution in [0.1, 0.15) is 16.7 Å². The summed E-state index contributed by atoms with van der Waals surface area (Å²) in [6, 6.07) is 15.6. The summed E-state index contributed by atoms with van der Waals surface area (Å²) >= 11 is 0.705. The number of nitrogens with zero attached hydrogens (tertiary/aromatic N) is 1. The number of halogens is 1. The minimum Gasteiger partial charge on any atom is -0.493 e. The first-order valence-electron chi connectivity index (χ1n) is 12.1. The number of carbonyl (C=O) groups is 4. The number of hydrogen-bond donors (Lipinski definition) is 2. The number of nitrogens with one attached hydrogen (secondary N) is 2. The van der Waals surface area contributed by atoms with Gasteiger partial charge in [-0.2, -0.15) is 0 Å². The number of benzene rings is 3. The van der Waals surface area contributed by atoms with Crippen molar-refractivity contribution in [1.29, 1.82) is 0 Å². The molecule has 11 heteroatoms. The minimum absolute atomic E-state index is 0.128. The molecule has 2 N–H and O–H groups in total. The molecule has 1 saturated heterocycles. The molecule has 1 fully saturated rings. The van der Waals surface area contributed by atoms with E-state index < -0.39 is 29.4 Å². The molecule has 0 unspecified atom stereocenters. The Balaban J connectivity index is 1.37. The van der Waals surface area contributed by atoms with Gasteiger partial charge in [-0.25, -0.2) is 4.39 Å². The van der Waals surface area contributed by atoms with Crippen molar-refractivity contribution in [3.8, 4) is 11.5 Å². The molecule has 0 aromatic heterocycles. The van der Waals surface area contributed by atoms with Gasteiger partial charge < -0.3 is 20.1 Å². The fraction of sp³-hybridized carbons (Fsp3) is 0.172. The third-order valence-corrected chi connectivity index (χ3v) is 6.85. The summed E-state index contributed by atoms with van der Waals surface area (Å²) in [5, 5.41) is 4.72. The van der Waals surface area contributed by atoms with Crippen LogP contribution >= 0.6 is 11.8 Å². The molecule has 4 rings (SSSR count). The summed E-state index contributed by atoms with van der Waals surface area (Å²) in [6.45, 7) is 3.21. The number of ether oxygens (including phenoxy) is 2. The number of hydrogen-bond acceptors (Lipinski definition) is 7. The fourth-order valence-corrected chi connectivity index (χ4v) is 4.56. The van der Waals surface area contributed by atoms with Crippen molar-refractivity contribution in [1.82, 2.24) is 4.90 Å². The van der Waals surface area contributed by atoms with Gasteiger partial charge in [0.05, 0.1) is 12.0 Å². The molecule has 206 valence electrons. The Bertz CT molecular complexity index is 1510. The molecule has 0 spiro atoms. The van der Waals surface area contributed by atoms with Crippen LogP contribution in [0, 0.1) is 19.7 Å². The van der Waals surface area contributed by atoms with E-state index in [9.17, 15) is 23.6 Å². The highest BCUT2D eigenvalue weighted by Crippen LogP contribution is 2.34. The van der Waals surface area contributed by atoms with Crippen LogP contribution in [0.5, 0.6) is 11.5 Å². The van der Waals surface area contributed by atoms with E-state index in [2.05, 4.69) is 10.6 Å². The zero-order valence-electron chi connectivity index (χ0n) is 21.9. The Hall–Kier alpha value is -4.64. The first-order chi connectivity index (χ1) is 19.1. The maximum absolute atomic E-state index is 13.1. The first-order valence-corrected chi connectivity index (χ1v) is 12.9. The molecule has 1 aliphatic heterocycles. The lowest BCUT2D eigenvalue weighted by Gasteiger charge is -2.13. The molecule has 9 nitrogen and oxygen atoms in total. The number of methoxy groups -OCH3 is 1. The largest absolute Gasteiger partial charge is 0.493 e. The average molecular weight is 564 g/mol. The second-order valence-corrected chi connectivity index (χ2v) is 9.86. The maximum atomic E-state index is 13.1. The third-order valence-electron chi connectivity index (χ3n) is 5.94. The van der Waals surface area contributed by atoms with Gasteiger partial charge in [0, 0.05) is 11.4 Å². The van der Waals surface area contributed by atoms with E-state index in [1.165, 1.54) is 37.5 Å². The summed E-state index contributed by atoms with van der Waals surface area (Å²) in [5.74, 6) is -1.37. The SMILES string of the molecule is COc1cc(/C=C2/SC(=O)N(CC(=O)Nc3ccc(F)cc3)C2=O)ccc1OCC(=O)Nc1ccc(C)c(C)c1. The lowest BCUT2D eigenvalue weighted by Crippen LogP contribution is -2.36. The second-order valence-electron chi connectivity index (χ2n) is 8.87. The second kappa shape index (κ2) is 12.5. The van der Waals surface area contributed by atoms with Crippen molar-refractivity contribution in [2.75, 3.05) is 30.9 Å². The Labute approximate surface area is 234 Å². The van der Waals surface area contributed by atoms with Crippen LogP contribution in [0.2, 0.25) is 0 Å². The van der Waals surface area contributed by atoms with Crippen LogP contribution in [0.3, 0.4) is 0 Å². The van der Waals surface area contributed by atoms with Gasteiger partial charge in [0.1, 0.15) is 12.4 Å². The van der Waals surface area contributed by atoms with Crippen LogP contribution in [-0.4, -0.2) is 48.1 Å². The van der Waals surface area contributed by atoms with Gasteiger partial charge in [-0.3, -0.25) is 24.1 Å². The van der Waals surface area contributed by atoms with Crippen molar-refractivity contribution in [2.24, 2.45) is 0 Å². The van der Waals surface area contributed by atoms with Crippen molar-refractivity contribution in [3.05, 3.63) is 88.1 Å². The van der Waals surface area contributed by atoms with E-state index in [0.29, 0.717) is 40.2 Å². The summed E-state index contributed by atoms with van der Waals surface area (Å²) in [7, 11) is 1.44. The smallest absolute Gasteiger partial charge is 0.294 e. The van der Waals surface area contributed by atoms with Gasteiger partial charge >= 0.3 is 0 Å². The van der Waals surface area contributed by atoms with Gasteiger partial charge in [0.15, 0.2) is 18.1 Å². The highest BCUT2D eigenvalue weighted by molar-refractivity contribution is 8.18. The minimum atomic E-state index is -0.619. The fourth-order valence-electron chi connectivity index (χ4n) is 3.72. The Morgan fingerprint density at radius 2 is 1.60 bits per heavy atom. The van der Waals surface area contributed by atoms with E-state index in [-0.39, 0.29) is 17.4 Å². The zero-order chi connectivity index (χ0) is 28.8. The molecule has 0 aliphatic carbocycles. The topological polar surface area (TPSA) is 114 Å². The molecule has 0 atom stereocenters. The highest BCUT2D eigenvalue weighted by Gasteiger charge is 2.36. The molecule has 1 aliphatic rings. The van der Waals surface area contributed by atoms with E-state index in [1.54, 1.807) is 18.2 Å². The normalized spacial score (nSPS) is 13.9. The summed E-state index contributed by atoms with van der Waals surface area (Å²) in [6.07, 6.45) is 1.50. The standard InChI is InChI=1S/C29H26FN3O6S/c1-17-4-8-22(12-18(17)2)32-27(35)16-39-23-11-5-19(13-24(23)38-3)14-25-28(36)33(29(37)40-25)15-26(34)31-21-9-6-20(30)7-10-21/h4-14H,15-16H2,1-3H3,(H,31,34)(H,32,35)/b25-14+. The number of anilines is 2. The predicted molar refractivity (Wildman–Crippen MR) is 151 cm³/mol. The lowest BCUT2D eigenvalue weighted by molar-refractivity contribution is -0.127. The maximum Gasteiger partial charge on any atom is 0.294 e. The van der Waals surface area contributed by atoms with Crippen LogP contribution in [0.4, 0.5) is 20.6 Å². The number of rotatable bonds is 9. The molecule has 0 bridgehead atoms. The van der Waals surface area contributed by atoms with E-state index in [4.69, 9.17) is 9.47 Å². The molecular weight excluding hydrogens is 537 g/mol. The van der Waals surface area contributed by atoms with Crippen LogP contribution in [-0.2, 0) is 14.4 Å². The molecule has 40 heavy (non-hydrogen) atoms. The van der Waals surface area contributed by atoms with Crippen molar-refractivity contribution in [2.45, 2.75) is 13.8 Å². The molecule has 3 aromatic rings. The highest BCUT2D eigenvalue weighted by atomic mass is 32.2. The van der Waals surface area contributed by atoms with E-state index >= 15 is 0 Å².